The Morgan fingerprint density at radius 3 is 2.55 bits per heavy atom. The molecule has 1 aliphatic heterocycles. The van der Waals surface area contributed by atoms with E-state index in [9.17, 15) is 9.59 Å². The second-order valence-electron chi connectivity index (χ2n) is 9.29. The molecule has 0 bridgehead atoms. The monoisotopic (exact) mass is 502 g/mol. The van der Waals surface area contributed by atoms with Gasteiger partial charge >= 0.3 is 0 Å². The Kier molecular flexibility index (Phi) is 6.36. The lowest BCUT2D eigenvalue weighted by Crippen LogP contribution is -2.35. The summed E-state index contributed by atoms with van der Waals surface area (Å²) in [6.07, 6.45) is 0.652. The summed E-state index contributed by atoms with van der Waals surface area (Å²) in [6.45, 7) is 1.01. The molecule has 4 aromatic carbocycles. The molecular formula is C32H26N2O4. The summed E-state index contributed by atoms with van der Waals surface area (Å²) in [7, 11) is 0. The molecule has 38 heavy (non-hydrogen) atoms. The standard InChI is InChI=1S/C32H26N2O4/c35-31(21-37-26-12-2-1-3-13-26)33-25-11-6-10-23(18-25)30-19-24-20-34(17-16-29(24)38-30)32(36)28-15-7-9-22-8-4-5-14-27(22)28/h1-15,18-19H,16-17,20-21H2,(H,33,35). The molecule has 0 atom stereocenters. The van der Waals surface area contributed by atoms with E-state index < -0.39 is 0 Å². The minimum absolute atomic E-state index is 0.0256. The van der Waals surface area contributed by atoms with Crippen LogP contribution in [-0.2, 0) is 17.8 Å². The third-order valence-corrected chi connectivity index (χ3v) is 6.72. The lowest BCUT2D eigenvalue weighted by atomic mass is 10.0. The van der Waals surface area contributed by atoms with Crippen LogP contribution < -0.4 is 10.1 Å². The van der Waals surface area contributed by atoms with E-state index in [1.165, 1.54) is 0 Å². The van der Waals surface area contributed by atoms with Crippen molar-refractivity contribution in [3.63, 3.8) is 0 Å². The van der Waals surface area contributed by atoms with E-state index in [4.69, 9.17) is 9.15 Å². The van der Waals surface area contributed by atoms with E-state index in [-0.39, 0.29) is 18.4 Å². The first kappa shape index (κ1) is 23.6. The predicted octanol–water partition coefficient (Wildman–Crippen LogP) is 6.32. The first-order valence-electron chi connectivity index (χ1n) is 12.6. The van der Waals surface area contributed by atoms with Crippen LogP contribution in [0.25, 0.3) is 22.1 Å². The Bertz CT molecular complexity index is 1620. The number of carbonyl (C=O) groups is 2. The fourth-order valence-electron chi connectivity index (χ4n) is 4.84. The number of nitrogens with zero attached hydrogens (tertiary/aromatic N) is 1. The molecule has 0 fully saturated rings. The number of hydrogen-bond acceptors (Lipinski definition) is 4. The summed E-state index contributed by atoms with van der Waals surface area (Å²) in [5.41, 5.74) is 3.24. The lowest BCUT2D eigenvalue weighted by molar-refractivity contribution is -0.118. The normalized spacial score (nSPS) is 12.7. The highest BCUT2D eigenvalue weighted by Crippen LogP contribution is 2.32. The molecule has 188 valence electrons. The van der Waals surface area contributed by atoms with Crippen LogP contribution in [0.2, 0.25) is 0 Å². The molecule has 0 unspecified atom stereocenters. The Morgan fingerprint density at radius 2 is 1.66 bits per heavy atom. The van der Waals surface area contributed by atoms with E-state index in [1.807, 2.05) is 108 Å². The van der Waals surface area contributed by atoms with Crippen LogP contribution in [0.15, 0.2) is 108 Å². The molecule has 6 rings (SSSR count). The van der Waals surface area contributed by atoms with Gasteiger partial charge in [0.1, 0.15) is 17.3 Å². The summed E-state index contributed by atoms with van der Waals surface area (Å²) in [6, 6.07) is 32.6. The Morgan fingerprint density at radius 1 is 0.868 bits per heavy atom. The molecule has 5 aromatic rings. The Balaban J connectivity index is 1.15. The average Bonchev–Trinajstić information content (AvgIpc) is 3.40. The van der Waals surface area contributed by atoms with E-state index in [0.717, 1.165) is 33.2 Å². The highest BCUT2D eigenvalue weighted by molar-refractivity contribution is 6.07. The van der Waals surface area contributed by atoms with Crippen LogP contribution >= 0.6 is 0 Å². The number of anilines is 1. The van der Waals surface area contributed by atoms with Crippen molar-refractivity contribution < 1.29 is 18.7 Å². The van der Waals surface area contributed by atoms with Crippen molar-refractivity contribution in [3.8, 4) is 17.1 Å². The molecule has 0 saturated heterocycles. The zero-order valence-electron chi connectivity index (χ0n) is 20.7. The van der Waals surface area contributed by atoms with Crippen molar-refractivity contribution in [1.82, 2.24) is 4.90 Å². The minimum atomic E-state index is -0.243. The molecule has 2 heterocycles. The van der Waals surface area contributed by atoms with Gasteiger partial charge in [0.2, 0.25) is 0 Å². The van der Waals surface area contributed by atoms with Crippen molar-refractivity contribution in [2.75, 3.05) is 18.5 Å². The molecule has 2 amide bonds. The average molecular weight is 503 g/mol. The SMILES string of the molecule is O=C(COc1ccccc1)Nc1cccc(-c2cc3c(o2)CCN(C(=O)c2cccc4ccccc24)C3)c1. The van der Waals surface area contributed by atoms with Gasteiger partial charge in [0.05, 0.1) is 0 Å². The van der Waals surface area contributed by atoms with Crippen molar-refractivity contribution in [1.29, 1.82) is 0 Å². The number of benzene rings is 4. The van der Waals surface area contributed by atoms with Gasteiger partial charge in [0.25, 0.3) is 11.8 Å². The zero-order chi connectivity index (χ0) is 25.9. The number of carbonyl (C=O) groups excluding carboxylic acids is 2. The highest BCUT2D eigenvalue weighted by atomic mass is 16.5. The largest absolute Gasteiger partial charge is 0.484 e. The third-order valence-electron chi connectivity index (χ3n) is 6.72. The van der Waals surface area contributed by atoms with Crippen LogP contribution in [-0.4, -0.2) is 29.9 Å². The maximum Gasteiger partial charge on any atom is 0.262 e. The van der Waals surface area contributed by atoms with Gasteiger partial charge in [-0.25, -0.2) is 0 Å². The summed E-state index contributed by atoms with van der Waals surface area (Å²) >= 11 is 0. The lowest BCUT2D eigenvalue weighted by Gasteiger charge is -2.26. The van der Waals surface area contributed by atoms with Gasteiger partial charge in [0, 0.05) is 41.9 Å². The number of furan rings is 1. The summed E-state index contributed by atoms with van der Waals surface area (Å²) in [5, 5.41) is 4.90. The highest BCUT2D eigenvalue weighted by Gasteiger charge is 2.26. The van der Waals surface area contributed by atoms with Crippen LogP contribution in [0.3, 0.4) is 0 Å². The van der Waals surface area contributed by atoms with Crippen molar-refractivity contribution in [3.05, 3.63) is 120 Å². The van der Waals surface area contributed by atoms with Gasteiger partial charge < -0.3 is 19.4 Å². The van der Waals surface area contributed by atoms with E-state index in [1.54, 1.807) is 0 Å². The number of fused-ring (bicyclic) bond motifs is 2. The maximum atomic E-state index is 13.4. The molecule has 0 radical (unpaired) electrons. The smallest absolute Gasteiger partial charge is 0.262 e. The van der Waals surface area contributed by atoms with Gasteiger partial charge in [-0.3, -0.25) is 9.59 Å². The Labute approximate surface area is 220 Å². The Hall–Kier alpha value is -4.84. The molecule has 6 nitrogen and oxygen atoms in total. The molecule has 1 N–H and O–H groups in total. The number of amides is 2. The fraction of sp³-hybridized carbons (Fsp3) is 0.125. The molecule has 0 spiro atoms. The molecule has 6 heteroatoms. The third kappa shape index (κ3) is 4.89. The topological polar surface area (TPSA) is 71.8 Å². The second kappa shape index (κ2) is 10.3. The predicted molar refractivity (Wildman–Crippen MR) is 147 cm³/mol. The number of ether oxygens (including phenoxy) is 1. The van der Waals surface area contributed by atoms with E-state index >= 15 is 0 Å². The van der Waals surface area contributed by atoms with Crippen molar-refractivity contribution in [2.45, 2.75) is 13.0 Å². The maximum absolute atomic E-state index is 13.4. The first-order valence-corrected chi connectivity index (χ1v) is 12.6. The van der Waals surface area contributed by atoms with Gasteiger partial charge in [-0.1, -0.05) is 66.7 Å². The minimum Gasteiger partial charge on any atom is -0.484 e. The first-order chi connectivity index (χ1) is 18.6. The van der Waals surface area contributed by atoms with Gasteiger partial charge in [-0.05, 0) is 47.2 Å². The van der Waals surface area contributed by atoms with Crippen molar-refractivity contribution in [2.24, 2.45) is 0 Å². The molecule has 0 saturated carbocycles. The van der Waals surface area contributed by atoms with Crippen LogP contribution in [0, 0.1) is 0 Å². The van der Waals surface area contributed by atoms with Crippen LogP contribution in [0.5, 0.6) is 5.75 Å². The van der Waals surface area contributed by atoms with Gasteiger partial charge in [-0.15, -0.1) is 0 Å². The number of nitrogens with one attached hydrogen (secondary N) is 1. The molecule has 1 aromatic heterocycles. The number of para-hydroxylation sites is 1. The van der Waals surface area contributed by atoms with Gasteiger partial charge in [-0.2, -0.15) is 0 Å². The fourth-order valence-corrected chi connectivity index (χ4v) is 4.84. The van der Waals surface area contributed by atoms with E-state index in [0.29, 0.717) is 36.7 Å². The summed E-state index contributed by atoms with van der Waals surface area (Å²) in [5.74, 6) is 2.04. The summed E-state index contributed by atoms with van der Waals surface area (Å²) in [4.78, 5) is 27.7. The number of hydrogen-bond donors (Lipinski definition) is 1. The van der Waals surface area contributed by atoms with Crippen LogP contribution in [0.4, 0.5) is 5.69 Å². The summed E-state index contributed by atoms with van der Waals surface area (Å²) < 4.78 is 11.7. The zero-order valence-corrected chi connectivity index (χ0v) is 20.7. The molecule has 1 aliphatic rings. The number of rotatable bonds is 6. The molecule has 0 aliphatic carbocycles. The van der Waals surface area contributed by atoms with Crippen molar-refractivity contribution >= 4 is 28.3 Å². The quantitative estimate of drug-likeness (QED) is 0.295. The molecular weight excluding hydrogens is 476 g/mol. The van der Waals surface area contributed by atoms with E-state index in [2.05, 4.69) is 5.32 Å². The second-order valence-corrected chi connectivity index (χ2v) is 9.29. The van der Waals surface area contributed by atoms with Gasteiger partial charge in [0.15, 0.2) is 6.61 Å². The van der Waals surface area contributed by atoms with Crippen LogP contribution in [0.1, 0.15) is 21.7 Å².